The van der Waals surface area contributed by atoms with Crippen molar-refractivity contribution in [2.75, 3.05) is 13.1 Å². The van der Waals surface area contributed by atoms with E-state index >= 15 is 0 Å². The maximum Gasteiger partial charge on any atom is 0.573 e. The fraction of sp³-hybridized carbons (Fsp3) is 0.588. The third-order valence-corrected chi connectivity index (χ3v) is 3.63. The number of hydrogen-bond donors (Lipinski definition) is 3. The monoisotopic (exact) mass is 361 g/mol. The van der Waals surface area contributed by atoms with Crippen LogP contribution in [0.25, 0.3) is 0 Å². The summed E-state index contributed by atoms with van der Waals surface area (Å²) in [6.07, 6.45) is -5.66. The number of aliphatic imine (C=N–C) groups is 1. The Hall–Kier alpha value is -1.96. The first-order valence-electron chi connectivity index (χ1n) is 8.21. The van der Waals surface area contributed by atoms with E-state index in [1.807, 2.05) is 13.8 Å². The van der Waals surface area contributed by atoms with Gasteiger partial charge < -0.3 is 20.5 Å². The van der Waals surface area contributed by atoms with Crippen LogP contribution in [0.3, 0.4) is 0 Å². The standard InChI is InChI=1S/C17H26F3N3O2/c1-5-21-16(23-12(4)11(2)3)22-10-15(24)13-6-8-14(9-7-13)25-17(18,19)20/h6-9,11-12,15,24H,5,10H2,1-4H3,(H2,21,22,23). The van der Waals surface area contributed by atoms with Crippen LogP contribution in [-0.2, 0) is 0 Å². The molecule has 8 heteroatoms. The second-order valence-corrected chi connectivity index (χ2v) is 6.03. The van der Waals surface area contributed by atoms with Gasteiger partial charge in [-0.1, -0.05) is 26.0 Å². The van der Waals surface area contributed by atoms with Crippen molar-refractivity contribution < 1.29 is 23.0 Å². The lowest BCUT2D eigenvalue weighted by Gasteiger charge is -2.21. The van der Waals surface area contributed by atoms with E-state index in [1.165, 1.54) is 24.3 Å². The number of ether oxygens (including phenoxy) is 1. The van der Waals surface area contributed by atoms with E-state index in [2.05, 4.69) is 34.2 Å². The largest absolute Gasteiger partial charge is 0.573 e. The van der Waals surface area contributed by atoms with Gasteiger partial charge in [-0.05, 0) is 37.5 Å². The highest BCUT2D eigenvalue weighted by molar-refractivity contribution is 5.80. The first-order valence-corrected chi connectivity index (χ1v) is 8.21. The molecule has 1 aromatic carbocycles. The van der Waals surface area contributed by atoms with Crippen molar-refractivity contribution in [3.8, 4) is 5.75 Å². The molecule has 0 radical (unpaired) electrons. The zero-order chi connectivity index (χ0) is 19.0. The average molecular weight is 361 g/mol. The van der Waals surface area contributed by atoms with Crippen LogP contribution in [0, 0.1) is 5.92 Å². The van der Waals surface area contributed by atoms with E-state index in [0.29, 0.717) is 24.0 Å². The van der Waals surface area contributed by atoms with Crippen LogP contribution < -0.4 is 15.4 Å². The summed E-state index contributed by atoms with van der Waals surface area (Å²) in [4.78, 5) is 4.33. The smallest absolute Gasteiger partial charge is 0.406 e. The third-order valence-electron chi connectivity index (χ3n) is 3.63. The van der Waals surface area contributed by atoms with Gasteiger partial charge >= 0.3 is 6.36 Å². The summed E-state index contributed by atoms with van der Waals surface area (Å²) in [5.74, 6) is 0.669. The fourth-order valence-corrected chi connectivity index (χ4v) is 1.88. The number of aliphatic hydroxyl groups is 1. The number of guanidine groups is 1. The Balaban J connectivity index is 2.70. The Morgan fingerprint density at radius 3 is 2.28 bits per heavy atom. The second kappa shape index (κ2) is 9.50. The molecule has 1 aromatic rings. The molecule has 0 amide bonds. The summed E-state index contributed by atoms with van der Waals surface area (Å²) in [6.45, 7) is 8.90. The summed E-state index contributed by atoms with van der Waals surface area (Å²) in [7, 11) is 0. The number of halogens is 3. The lowest BCUT2D eigenvalue weighted by molar-refractivity contribution is -0.274. The molecule has 0 aromatic heterocycles. The molecule has 0 aliphatic carbocycles. The number of nitrogens with zero attached hydrogens (tertiary/aromatic N) is 1. The van der Waals surface area contributed by atoms with E-state index in [4.69, 9.17) is 0 Å². The number of benzene rings is 1. The van der Waals surface area contributed by atoms with Crippen molar-refractivity contribution in [1.82, 2.24) is 10.6 Å². The molecule has 0 aliphatic heterocycles. The molecule has 2 atom stereocenters. The van der Waals surface area contributed by atoms with Crippen molar-refractivity contribution in [2.45, 2.75) is 46.2 Å². The Morgan fingerprint density at radius 1 is 1.20 bits per heavy atom. The number of hydrogen-bond acceptors (Lipinski definition) is 3. The normalized spacial score (nSPS) is 15.0. The first kappa shape index (κ1) is 21.1. The van der Waals surface area contributed by atoms with Crippen LogP contribution in [0.2, 0.25) is 0 Å². The number of alkyl halides is 3. The van der Waals surface area contributed by atoms with Gasteiger partial charge in [0, 0.05) is 12.6 Å². The summed E-state index contributed by atoms with van der Waals surface area (Å²) in [5.41, 5.74) is 0.464. The van der Waals surface area contributed by atoms with Gasteiger partial charge in [-0.25, -0.2) is 0 Å². The molecule has 1 rings (SSSR count). The zero-order valence-corrected chi connectivity index (χ0v) is 14.9. The van der Waals surface area contributed by atoms with Crippen LogP contribution in [0.5, 0.6) is 5.75 Å². The molecule has 0 aliphatic rings. The average Bonchev–Trinajstić information content (AvgIpc) is 2.51. The third kappa shape index (κ3) is 8.11. The lowest BCUT2D eigenvalue weighted by atomic mass is 10.1. The van der Waals surface area contributed by atoms with Crippen molar-refractivity contribution in [1.29, 1.82) is 0 Å². The van der Waals surface area contributed by atoms with E-state index in [-0.39, 0.29) is 18.3 Å². The molecule has 3 N–H and O–H groups in total. The highest BCUT2D eigenvalue weighted by Gasteiger charge is 2.31. The Labute approximate surface area is 146 Å². The molecule has 2 unspecified atom stereocenters. The SMILES string of the molecule is CCNC(=NCC(O)c1ccc(OC(F)(F)F)cc1)NC(C)C(C)C. The van der Waals surface area contributed by atoms with Crippen LogP contribution in [0.4, 0.5) is 13.2 Å². The van der Waals surface area contributed by atoms with Crippen LogP contribution in [0.1, 0.15) is 39.4 Å². The predicted molar refractivity (Wildman–Crippen MR) is 91.5 cm³/mol. The highest BCUT2D eigenvalue weighted by Crippen LogP contribution is 2.24. The predicted octanol–water partition coefficient (Wildman–Crippen LogP) is 3.22. The maximum absolute atomic E-state index is 12.1. The molecule has 0 saturated heterocycles. The topological polar surface area (TPSA) is 65.9 Å². The van der Waals surface area contributed by atoms with Crippen LogP contribution in [-0.4, -0.2) is 36.6 Å². The van der Waals surface area contributed by atoms with Gasteiger partial charge in [-0.15, -0.1) is 13.2 Å². The van der Waals surface area contributed by atoms with Gasteiger partial charge in [0.25, 0.3) is 0 Å². The van der Waals surface area contributed by atoms with Crippen LogP contribution in [0.15, 0.2) is 29.3 Å². The van der Waals surface area contributed by atoms with Gasteiger partial charge in [-0.3, -0.25) is 4.99 Å². The summed E-state index contributed by atoms with van der Waals surface area (Å²) >= 11 is 0. The van der Waals surface area contributed by atoms with Gasteiger partial charge in [0.15, 0.2) is 5.96 Å². The van der Waals surface area contributed by atoms with Crippen molar-refractivity contribution in [3.05, 3.63) is 29.8 Å². The minimum atomic E-state index is -4.73. The summed E-state index contributed by atoms with van der Waals surface area (Å²) in [5, 5.41) is 16.5. The molecule has 0 bridgehead atoms. The minimum absolute atomic E-state index is 0.0830. The Bertz CT molecular complexity index is 545. The number of rotatable bonds is 7. The quantitative estimate of drug-likeness (QED) is 0.515. The summed E-state index contributed by atoms with van der Waals surface area (Å²) in [6, 6.07) is 5.31. The van der Waals surface area contributed by atoms with E-state index in [9.17, 15) is 18.3 Å². The summed E-state index contributed by atoms with van der Waals surface area (Å²) < 4.78 is 40.2. The number of aliphatic hydroxyl groups excluding tert-OH is 1. The minimum Gasteiger partial charge on any atom is -0.406 e. The molecule has 0 fully saturated rings. The molecule has 142 valence electrons. The molecule has 0 heterocycles. The lowest BCUT2D eigenvalue weighted by Crippen LogP contribution is -2.44. The van der Waals surface area contributed by atoms with Crippen molar-refractivity contribution in [3.63, 3.8) is 0 Å². The zero-order valence-electron chi connectivity index (χ0n) is 14.9. The first-order chi connectivity index (χ1) is 11.6. The molecular formula is C17H26F3N3O2. The number of nitrogens with one attached hydrogen (secondary N) is 2. The van der Waals surface area contributed by atoms with E-state index in [0.717, 1.165) is 0 Å². The van der Waals surface area contributed by atoms with Crippen LogP contribution >= 0.6 is 0 Å². The Morgan fingerprint density at radius 2 is 1.80 bits per heavy atom. The van der Waals surface area contributed by atoms with Gasteiger partial charge in [0.1, 0.15) is 5.75 Å². The molecule has 25 heavy (non-hydrogen) atoms. The molecule has 0 saturated carbocycles. The molecule has 0 spiro atoms. The molecular weight excluding hydrogens is 335 g/mol. The van der Waals surface area contributed by atoms with E-state index in [1.54, 1.807) is 0 Å². The maximum atomic E-state index is 12.1. The second-order valence-electron chi connectivity index (χ2n) is 6.03. The van der Waals surface area contributed by atoms with Gasteiger partial charge in [0.05, 0.1) is 12.6 Å². The van der Waals surface area contributed by atoms with Crippen molar-refractivity contribution in [2.24, 2.45) is 10.9 Å². The van der Waals surface area contributed by atoms with Crippen molar-refractivity contribution >= 4 is 5.96 Å². The molecule has 5 nitrogen and oxygen atoms in total. The fourth-order valence-electron chi connectivity index (χ4n) is 1.88. The van der Waals surface area contributed by atoms with Gasteiger partial charge in [-0.2, -0.15) is 0 Å². The Kier molecular flexibility index (Phi) is 8.02. The van der Waals surface area contributed by atoms with Gasteiger partial charge in [0.2, 0.25) is 0 Å². The van der Waals surface area contributed by atoms with E-state index < -0.39 is 12.5 Å². The highest BCUT2D eigenvalue weighted by atomic mass is 19.4.